The van der Waals surface area contributed by atoms with Crippen LogP contribution in [0.25, 0.3) is 5.69 Å². The SMILES string of the molecule is O=C(O)COc1ccc2c(c1)CCN(Cc1ccn(-c3ccc(C(F)(F)F)cc3)n1)CC2. The van der Waals surface area contributed by atoms with E-state index in [2.05, 4.69) is 10.00 Å². The molecule has 0 spiro atoms. The van der Waals surface area contributed by atoms with Crippen molar-refractivity contribution in [2.75, 3.05) is 19.7 Å². The molecule has 0 unspecified atom stereocenters. The number of aromatic nitrogens is 2. The van der Waals surface area contributed by atoms with Crippen molar-refractivity contribution in [1.82, 2.24) is 14.7 Å². The van der Waals surface area contributed by atoms with Gasteiger partial charge in [0.25, 0.3) is 0 Å². The number of benzene rings is 2. The predicted octanol–water partition coefficient (Wildman–Crippen LogP) is 3.96. The lowest BCUT2D eigenvalue weighted by atomic mass is 10.0. The molecule has 1 aliphatic heterocycles. The molecule has 0 radical (unpaired) electrons. The van der Waals surface area contributed by atoms with Crippen molar-refractivity contribution in [3.63, 3.8) is 0 Å². The molecule has 0 fully saturated rings. The molecule has 1 N–H and O–H groups in total. The van der Waals surface area contributed by atoms with Crippen molar-refractivity contribution >= 4 is 5.97 Å². The number of hydrogen-bond donors (Lipinski definition) is 1. The van der Waals surface area contributed by atoms with E-state index < -0.39 is 17.7 Å². The van der Waals surface area contributed by atoms with Gasteiger partial charge in [0.15, 0.2) is 6.61 Å². The minimum absolute atomic E-state index is 0.369. The molecule has 1 aromatic heterocycles. The second kappa shape index (κ2) is 9.04. The lowest BCUT2D eigenvalue weighted by molar-refractivity contribution is -0.139. The zero-order valence-electron chi connectivity index (χ0n) is 17.2. The summed E-state index contributed by atoms with van der Waals surface area (Å²) in [5.74, 6) is -0.461. The Morgan fingerprint density at radius 2 is 1.75 bits per heavy atom. The van der Waals surface area contributed by atoms with E-state index in [4.69, 9.17) is 9.84 Å². The third-order valence-corrected chi connectivity index (χ3v) is 5.42. The standard InChI is InChI=1S/C23H22F3N3O3/c24-23(25,26)18-2-4-20(5-3-18)29-12-9-19(27-29)14-28-10-7-16-1-6-21(32-15-22(30)31)13-17(16)8-11-28/h1-6,9,12-13H,7-8,10-11,14-15H2,(H,30,31). The van der Waals surface area contributed by atoms with E-state index in [0.717, 1.165) is 49.3 Å². The van der Waals surface area contributed by atoms with Gasteiger partial charge in [0.05, 0.1) is 16.9 Å². The zero-order chi connectivity index (χ0) is 22.7. The number of halogens is 3. The third kappa shape index (κ3) is 5.28. The van der Waals surface area contributed by atoms with E-state index in [1.54, 1.807) is 16.9 Å². The molecule has 2 heterocycles. The number of carbonyl (C=O) groups is 1. The highest BCUT2D eigenvalue weighted by Crippen LogP contribution is 2.29. The Morgan fingerprint density at radius 3 is 2.44 bits per heavy atom. The van der Waals surface area contributed by atoms with Crippen LogP contribution in [0.5, 0.6) is 5.75 Å². The number of carboxylic acid groups (broad SMARTS) is 1. The average molecular weight is 445 g/mol. The number of aliphatic carboxylic acids is 1. The maximum absolute atomic E-state index is 12.8. The molecule has 0 saturated heterocycles. The number of nitrogens with zero attached hydrogens (tertiary/aromatic N) is 3. The molecule has 32 heavy (non-hydrogen) atoms. The lowest BCUT2D eigenvalue weighted by Crippen LogP contribution is -2.26. The molecule has 0 aliphatic carbocycles. The van der Waals surface area contributed by atoms with E-state index in [0.29, 0.717) is 18.0 Å². The zero-order valence-corrected chi connectivity index (χ0v) is 17.2. The first kappa shape index (κ1) is 21.9. The summed E-state index contributed by atoms with van der Waals surface area (Å²) in [6.45, 7) is 1.91. The molecule has 168 valence electrons. The van der Waals surface area contributed by atoms with E-state index >= 15 is 0 Å². The molecule has 6 nitrogen and oxygen atoms in total. The van der Waals surface area contributed by atoms with Crippen LogP contribution in [-0.2, 0) is 30.4 Å². The molecule has 4 rings (SSSR count). The van der Waals surface area contributed by atoms with Gasteiger partial charge in [-0.15, -0.1) is 0 Å². The fourth-order valence-electron chi connectivity index (χ4n) is 3.76. The van der Waals surface area contributed by atoms with Gasteiger partial charge in [-0.25, -0.2) is 9.48 Å². The third-order valence-electron chi connectivity index (χ3n) is 5.42. The Kier molecular flexibility index (Phi) is 6.18. The van der Waals surface area contributed by atoms with E-state index in [1.165, 1.54) is 17.7 Å². The predicted molar refractivity (Wildman–Crippen MR) is 111 cm³/mol. The number of hydrogen-bond acceptors (Lipinski definition) is 4. The second-order valence-corrected chi connectivity index (χ2v) is 7.69. The molecule has 0 amide bonds. The molecular weight excluding hydrogens is 423 g/mol. The van der Waals surface area contributed by atoms with Crippen LogP contribution in [0, 0.1) is 0 Å². The second-order valence-electron chi connectivity index (χ2n) is 7.69. The molecule has 2 aromatic carbocycles. The Bertz CT molecular complexity index is 1090. The van der Waals surface area contributed by atoms with Crippen LogP contribution in [0.4, 0.5) is 13.2 Å². The maximum Gasteiger partial charge on any atom is 0.416 e. The highest BCUT2D eigenvalue weighted by molar-refractivity contribution is 5.68. The Balaban J connectivity index is 1.38. The molecule has 0 saturated carbocycles. The smallest absolute Gasteiger partial charge is 0.416 e. The van der Waals surface area contributed by atoms with Crippen molar-refractivity contribution in [3.05, 3.63) is 77.1 Å². The number of rotatable bonds is 6. The number of ether oxygens (including phenoxy) is 1. The summed E-state index contributed by atoms with van der Waals surface area (Å²) in [6, 6.07) is 12.5. The van der Waals surface area contributed by atoms with Crippen molar-refractivity contribution in [2.45, 2.75) is 25.6 Å². The minimum Gasteiger partial charge on any atom is -0.482 e. The molecule has 0 bridgehead atoms. The van der Waals surface area contributed by atoms with Crippen molar-refractivity contribution in [3.8, 4) is 11.4 Å². The highest BCUT2D eigenvalue weighted by atomic mass is 19.4. The number of fused-ring (bicyclic) bond motifs is 1. The Hall–Kier alpha value is -3.33. The highest BCUT2D eigenvalue weighted by Gasteiger charge is 2.30. The van der Waals surface area contributed by atoms with Crippen LogP contribution in [0.3, 0.4) is 0 Å². The summed E-state index contributed by atoms with van der Waals surface area (Å²) in [6.07, 6.45) is -0.953. The Labute approximate surface area is 182 Å². The first-order valence-electron chi connectivity index (χ1n) is 10.2. The van der Waals surface area contributed by atoms with Crippen LogP contribution in [0.2, 0.25) is 0 Å². The number of carboxylic acids is 1. The first-order valence-corrected chi connectivity index (χ1v) is 10.2. The molecule has 9 heteroatoms. The van der Waals surface area contributed by atoms with Crippen molar-refractivity contribution in [1.29, 1.82) is 0 Å². The average Bonchev–Trinajstić information content (AvgIpc) is 3.13. The molecular formula is C23H22F3N3O3. The van der Waals surface area contributed by atoms with Gasteiger partial charge in [-0.05, 0) is 66.4 Å². The largest absolute Gasteiger partial charge is 0.482 e. The van der Waals surface area contributed by atoms with Gasteiger partial charge in [-0.3, -0.25) is 4.90 Å². The van der Waals surface area contributed by atoms with Gasteiger partial charge < -0.3 is 9.84 Å². The van der Waals surface area contributed by atoms with E-state index in [1.807, 2.05) is 18.2 Å². The maximum atomic E-state index is 12.8. The van der Waals surface area contributed by atoms with Gasteiger partial charge in [-0.1, -0.05) is 6.07 Å². The summed E-state index contributed by atoms with van der Waals surface area (Å²) in [7, 11) is 0. The topological polar surface area (TPSA) is 67.6 Å². The molecule has 1 aliphatic rings. The summed E-state index contributed by atoms with van der Waals surface area (Å²) < 4.78 is 45.1. The van der Waals surface area contributed by atoms with Gasteiger partial charge in [0.1, 0.15) is 5.75 Å². The summed E-state index contributed by atoms with van der Waals surface area (Å²) in [5, 5.41) is 13.3. The number of alkyl halides is 3. The van der Waals surface area contributed by atoms with E-state index in [-0.39, 0.29) is 6.61 Å². The van der Waals surface area contributed by atoms with Crippen molar-refractivity contribution in [2.24, 2.45) is 0 Å². The van der Waals surface area contributed by atoms with Crippen LogP contribution in [0.1, 0.15) is 22.4 Å². The van der Waals surface area contributed by atoms with Gasteiger partial charge in [0, 0.05) is 25.8 Å². The van der Waals surface area contributed by atoms with Crippen LogP contribution >= 0.6 is 0 Å². The van der Waals surface area contributed by atoms with Gasteiger partial charge in [-0.2, -0.15) is 18.3 Å². The fourth-order valence-corrected chi connectivity index (χ4v) is 3.76. The lowest BCUT2D eigenvalue weighted by Gasteiger charge is -2.18. The first-order chi connectivity index (χ1) is 15.3. The van der Waals surface area contributed by atoms with Crippen LogP contribution in [-0.4, -0.2) is 45.5 Å². The Morgan fingerprint density at radius 1 is 1.03 bits per heavy atom. The molecule has 0 atom stereocenters. The minimum atomic E-state index is -4.36. The van der Waals surface area contributed by atoms with Gasteiger partial charge in [0.2, 0.25) is 0 Å². The van der Waals surface area contributed by atoms with Crippen LogP contribution in [0.15, 0.2) is 54.7 Å². The monoisotopic (exact) mass is 445 g/mol. The molecule has 3 aromatic rings. The van der Waals surface area contributed by atoms with E-state index in [9.17, 15) is 18.0 Å². The summed E-state index contributed by atoms with van der Waals surface area (Å²) >= 11 is 0. The fraction of sp³-hybridized carbons (Fsp3) is 0.304. The van der Waals surface area contributed by atoms with Gasteiger partial charge >= 0.3 is 12.1 Å². The normalized spacial score (nSPS) is 14.6. The summed E-state index contributed by atoms with van der Waals surface area (Å²) in [4.78, 5) is 13.0. The summed E-state index contributed by atoms with van der Waals surface area (Å²) in [5.41, 5.74) is 3.08. The van der Waals surface area contributed by atoms with Crippen molar-refractivity contribution < 1.29 is 27.8 Å². The quantitative estimate of drug-likeness (QED) is 0.622. The van der Waals surface area contributed by atoms with Crippen LogP contribution < -0.4 is 4.74 Å².